The lowest BCUT2D eigenvalue weighted by Gasteiger charge is -2.31. The van der Waals surface area contributed by atoms with E-state index in [4.69, 9.17) is 5.84 Å². The Morgan fingerprint density at radius 3 is 2.03 bits per heavy atom. The molecule has 0 saturated carbocycles. The Labute approximate surface area is 189 Å². The first kappa shape index (κ1) is 22.5. The number of hydrogen-bond donors (Lipinski definition) is 2. The summed E-state index contributed by atoms with van der Waals surface area (Å²) < 4.78 is 40.1. The second-order valence-electron chi connectivity index (χ2n) is 7.97. The highest BCUT2D eigenvalue weighted by Gasteiger charge is 2.35. The van der Waals surface area contributed by atoms with Crippen molar-refractivity contribution >= 4 is 11.8 Å². The normalized spacial score (nSPS) is 15.2. The molecule has 1 aliphatic heterocycles. The lowest BCUT2D eigenvalue weighted by atomic mass is 9.93. The molecule has 170 valence electrons. The summed E-state index contributed by atoms with van der Waals surface area (Å²) in [7, 11) is 0. The summed E-state index contributed by atoms with van der Waals surface area (Å²) in [5.41, 5.74) is 5.66. The van der Waals surface area contributed by atoms with Crippen LogP contribution in [-0.4, -0.2) is 35.7 Å². The maximum absolute atomic E-state index is 13.4. The van der Waals surface area contributed by atoms with Crippen LogP contribution in [0, 0.1) is 5.82 Å². The van der Waals surface area contributed by atoms with Crippen LogP contribution in [0.5, 0.6) is 0 Å². The standard InChI is InChI=1S/C25H22F3N3O2/c26-20-8-5-17(6-9-20)22-15-19(7-10-21(22)23(32)30-29)16-1-3-18(4-2-16)24(33)31-13-11-25(27,28)12-14-31/h1-10,15H,11-14,29H2,(H,30,32). The van der Waals surface area contributed by atoms with Gasteiger partial charge in [-0.05, 0) is 58.7 Å². The van der Waals surface area contributed by atoms with E-state index in [1.807, 2.05) is 0 Å². The first-order valence-corrected chi connectivity index (χ1v) is 10.5. The van der Waals surface area contributed by atoms with Crippen LogP contribution in [0.2, 0.25) is 0 Å². The van der Waals surface area contributed by atoms with Crippen LogP contribution in [0.3, 0.4) is 0 Å². The second-order valence-corrected chi connectivity index (χ2v) is 7.97. The highest BCUT2D eigenvalue weighted by Crippen LogP contribution is 2.31. The van der Waals surface area contributed by atoms with Gasteiger partial charge in [-0.15, -0.1) is 0 Å². The van der Waals surface area contributed by atoms with Crippen molar-refractivity contribution in [1.29, 1.82) is 0 Å². The number of likely N-dealkylation sites (tertiary alicyclic amines) is 1. The minimum Gasteiger partial charge on any atom is -0.338 e. The third kappa shape index (κ3) is 4.90. The van der Waals surface area contributed by atoms with Gasteiger partial charge in [-0.25, -0.2) is 19.0 Å². The van der Waals surface area contributed by atoms with E-state index in [0.29, 0.717) is 22.3 Å². The van der Waals surface area contributed by atoms with Gasteiger partial charge in [-0.1, -0.05) is 30.3 Å². The van der Waals surface area contributed by atoms with Crippen molar-refractivity contribution in [3.05, 3.63) is 83.7 Å². The van der Waals surface area contributed by atoms with Crippen molar-refractivity contribution in [2.75, 3.05) is 13.1 Å². The summed E-state index contributed by atoms with van der Waals surface area (Å²) in [6, 6.07) is 17.8. The third-order valence-electron chi connectivity index (χ3n) is 5.80. The SMILES string of the molecule is NNC(=O)c1ccc(-c2ccc(C(=O)N3CCC(F)(F)CC3)cc2)cc1-c1ccc(F)cc1. The Balaban J connectivity index is 1.61. The maximum atomic E-state index is 13.4. The summed E-state index contributed by atoms with van der Waals surface area (Å²) >= 11 is 0. The van der Waals surface area contributed by atoms with Gasteiger partial charge in [0.2, 0.25) is 0 Å². The van der Waals surface area contributed by atoms with Crippen molar-refractivity contribution in [2.45, 2.75) is 18.8 Å². The van der Waals surface area contributed by atoms with Crippen molar-refractivity contribution in [3.63, 3.8) is 0 Å². The molecule has 2 amide bonds. The molecule has 0 atom stereocenters. The Bertz CT molecular complexity index is 1170. The molecule has 3 N–H and O–H groups in total. The molecular formula is C25H22F3N3O2. The van der Waals surface area contributed by atoms with E-state index in [-0.39, 0.29) is 31.8 Å². The average molecular weight is 453 g/mol. The highest BCUT2D eigenvalue weighted by atomic mass is 19.3. The molecule has 0 spiro atoms. The number of rotatable bonds is 4. The van der Waals surface area contributed by atoms with E-state index in [9.17, 15) is 22.8 Å². The van der Waals surface area contributed by atoms with Gasteiger partial charge in [0.05, 0.1) is 0 Å². The lowest BCUT2D eigenvalue weighted by Crippen LogP contribution is -2.42. The molecule has 3 aromatic rings. The molecule has 5 nitrogen and oxygen atoms in total. The molecule has 0 aromatic heterocycles. The number of hydrazine groups is 1. The van der Waals surface area contributed by atoms with E-state index < -0.39 is 17.6 Å². The summed E-state index contributed by atoms with van der Waals surface area (Å²) in [5, 5.41) is 0. The molecule has 0 radical (unpaired) electrons. The number of halogens is 3. The molecule has 8 heteroatoms. The van der Waals surface area contributed by atoms with Gasteiger partial charge in [0, 0.05) is 37.1 Å². The number of piperidine rings is 1. The first-order chi connectivity index (χ1) is 15.8. The topological polar surface area (TPSA) is 75.4 Å². The molecule has 0 aliphatic carbocycles. The van der Waals surface area contributed by atoms with E-state index in [2.05, 4.69) is 5.43 Å². The summed E-state index contributed by atoms with van der Waals surface area (Å²) in [4.78, 5) is 26.3. The predicted molar refractivity (Wildman–Crippen MR) is 119 cm³/mol. The number of hydrogen-bond acceptors (Lipinski definition) is 3. The number of nitrogens with zero attached hydrogens (tertiary/aromatic N) is 1. The van der Waals surface area contributed by atoms with Crippen LogP contribution in [-0.2, 0) is 0 Å². The predicted octanol–water partition coefficient (Wildman–Crippen LogP) is 4.63. The van der Waals surface area contributed by atoms with E-state index in [1.165, 1.54) is 17.0 Å². The van der Waals surface area contributed by atoms with Crippen molar-refractivity contribution in [2.24, 2.45) is 5.84 Å². The van der Waals surface area contributed by atoms with Crippen LogP contribution >= 0.6 is 0 Å². The molecule has 3 aromatic carbocycles. The molecular weight excluding hydrogens is 431 g/mol. The zero-order valence-electron chi connectivity index (χ0n) is 17.7. The summed E-state index contributed by atoms with van der Waals surface area (Å²) in [6.07, 6.45) is -0.655. The zero-order valence-corrected chi connectivity index (χ0v) is 17.7. The Kier molecular flexibility index (Phi) is 6.20. The number of carbonyl (C=O) groups excluding carboxylic acids is 2. The fourth-order valence-electron chi connectivity index (χ4n) is 3.89. The maximum Gasteiger partial charge on any atom is 0.265 e. The lowest BCUT2D eigenvalue weighted by molar-refractivity contribution is -0.0494. The quantitative estimate of drug-likeness (QED) is 0.344. The van der Waals surface area contributed by atoms with Crippen molar-refractivity contribution < 1.29 is 22.8 Å². The number of nitrogen functional groups attached to an aromatic ring is 1. The number of alkyl halides is 2. The molecule has 1 heterocycles. The minimum atomic E-state index is -2.71. The summed E-state index contributed by atoms with van der Waals surface area (Å²) in [5.74, 6) is 1.45. The van der Waals surface area contributed by atoms with Gasteiger partial charge in [0.15, 0.2) is 0 Å². The molecule has 1 aliphatic rings. The van der Waals surface area contributed by atoms with Crippen LogP contribution in [0.15, 0.2) is 66.7 Å². The van der Waals surface area contributed by atoms with Gasteiger partial charge in [0.25, 0.3) is 17.7 Å². The number of nitrogens with one attached hydrogen (secondary N) is 1. The van der Waals surface area contributed by atoms with Gasteiger partial charge in [-0.3, -0.25) is 15.0 Å². The van der Waals surface area contributed by atoms with E-state index in [0.717, 1.165) is 11.1 Å². The van der Waals surface area contributed by atoms with E-state index >= 15 is 0 Å². The fourth-order valence-corrected chi connectivity index (χ4v) is 3.89. The second kappa shape index (κ2) is 9.07. The number of nitrogens with two attached hydrogens (primary N) is 1. The Morgan fingerprint density at radius 2 is 1.42 bits per heavy atom. The van der Waals surface area contributed by atoms with Crippen molar-refractivity contribution in [1.82, 2.24) is 10.3 Å². The molecule has 33 heavy (non-hydrogen) atoms. The van der Waals surface area contributed by atoms with E-state index in [1.54, 1.807) is 54.6 Å². The van der Waals surface area contributed by atoms with Crippen molar-refractivity contribution in [3.8, 4) is 22.3 Å². The number of amides is 2. The van der Waals surface area contributed by atoms with Crippen LogP contribution in [0.1, 0.15) is 33.6 Å². The smallest absolute Gasteiger partial charge is 0.265 e. The summed E-state index contributed by atoms with van der Waals surface area (Å²) in [6.45, 7) is 0.0541. The number of benzene rings is 3. The number of carbonyl (C=O) groups is 2. The molecule has 1 fully saturated rings. The zero-order chi connectivity index (χ0) is 23.6. The van der Waals surface area contributed by atoms with Gasteiger partial charge in [0.1, 0.15) is 5.82 Å². The minimum absolute atomic E-state index is 0.0271. The largest absolute Gasteiger partial charge is 0.338 e. The average Bonchev–Trinajstić information content (AvgIpc) is 2.83. The Hall–Kier alpha value is -3.65. The monoisotopic (exact) mass is 453 g/mol. The van der Waals surface area contributed by atoms with Crippen LogP contribution in [0.4, 0.5) is 13.2 Å². The van der Waals surface area contributed by atoms with Crippen LogP contribution in [0.25, 0.3) is 22.3 Å². The molecule has 4 rings (SSSR count). The highest BCUT2D eigenvalue weighted by molar-refractivity contribution is 6.01. The van der Waals surface area contributed by atoms with Gasteiger partial charge >= 0.3 is 0 Å². The fraction of sp³-hybridized carbons (Fsp3) is 0.200. The third-order valence-corrected chi connectivity index (χ3v) is 5.80. The van der Waals surface area contributed by atoms with Crippen LogP contribution < -0.4 is 11.3 Å². The molecule has 1 saturated heterocycles. The molecule has 0 bridgehead atoms. The molecule has 0 unspecified atom stereocenters. The van der Waals surface area contributed by atoms with Gasteiger partial charge in [-0.2, -0.15) is 0 Å². The first-order valence-electron chi connectivity index (χ1n) is 10.5. The van der Waals surface area contributed by atoms with Gasteiger partial charge < -0.3 is 4.90 Å². The Morgan fingerprint density at radius 1 is 0.848 bits per heavy atom.